The molecule has 0 bridgehead atoms. The molecule has 0 aromatic heterocycles. The monoisotopic (exact) mass is 333 g/mol. The Morgan fingerprint density at radius 3 is 2.45 bits per heavy atom. The summed E-state index contributed by atoms with van der Waals surface area (Å²) in [5.74, 6) is 0.651. The normalized spacial score (nSPS) is 10.2. The van der Waals surface area contributed by atoms with Crippen LogP contribution in [0.2, 0.25) is 0 Å². The van der Waals surface area contributed by atoms with Gasteiger partial charge in [0.15, 0.2) is 0 Å². The van der Waals surface area contributed by atoms with Crippen LogP contribution in [0.4, 0.5) is 5.69 Å². The second-order valence-corrected chi connectivity index (χ2v) is 5.45. The number of ether oxygens (including phenoxy) is 1. The first-order valence-corrected chi connectivity index (χ1v) is 7.02. The van der Waals surface area contributed by atoms with Gasteiger partial charge in [-0.2, -0.15) is 0 Å². The number of amides is 1. The molecule has 0 radical (unpaired) electrons. The number of methoxy groups -OCH3 is 1. The van der Waals surface area contributed by atoms with Gasteiger partial charge >= 0.3 is 0 Å². The van der Waals surface area contributed by atoms with Crippen LogP contribution in [-0.4, -0.2) is 13.0 Å². The summed E-state index contributed by atoms with van der Waals surface area (Å²) in [6.45, 7) is 3.92. The molecule has 20 heavy (non-hydrogen) atoms. The number of benzene rings is 2. The van der Waals surface area contributed by atoms with E-state index in [2.05, 4.69) is 21.2 Å². The van der Waals surface area contributed by atoms with Gasteiger partial charge in [0.1, 0.15) is 5.75 Å². The maximum absolute atomic E-state index is 12.2. The van der Waals surface area contributed by atoms with Crippen molar-refractivity contribution in [3.63, 3.8) is 0 Å². The summed E-state index contributed by atoms with van der Waals surface area (Å²) in [6, 6.07) is 11.1. The van der Waals surface area contributed by atoms with Crippen molar-refractivity contribution in [2.24, 2.45) is 0 Å². The smallest absolute Gasteiger partial charge is 0.255 e. The third kappa shape index (κ3) is 3.20. The van der Waals surface area contributed by atoms with E-state index in [1.54, 1.807) is 7.11 Å². The van der Waals surface area contributed by atoms with E-state index in [-0.39, 0.29) is 5.91 Å². The average molecular weight is 334 g/mol. The van der Waals surface area contributed by atoms with Crippen LogP contribution in [0.3, 0.4) is 0 Å². The van der Waals surface area contributed by atoms with Crippen LogP contribution in [0.1, 0.15) is 21.5 Å². The van der Waals surface area contributed by atoms with Gasteiger partial charge in [0.25, 0.3) is 5.91 Å². The molecule has 1 amide bonds. The Bertz CT molecular complexity index is 653. The van der Waals surface area contributed by atoms with Gasteiger partial charge in [-0.1, -0.05) is 22.0 Å². The Morgan fingerprint density at radius 1 is 1.10 bits per heavy atom. The lowest BCUT2D eigenvalue weighted by atomic mass is 10.1. The molecular weight excluding hydrogens is 318 g/mol. The molecular formula is C16H16BrNO2. The zero-order chi connectivity index (χ0) is 14.7. The minimum Gasteiger partial charge on any atom is -0.497 e. The summed E-state index contributed by atoms with van der Waals surface area (Å²) in [4.78, 5) is 12.2. The molecule has 0 spiro atoms. The Morgan fingerprint density at radius 2 is 1.85 bits per heavy atom. The van der Waals surface area contributed by atoms with E-state index in [1.165, 1.54) is 0 Å². The van der Waals surface area contributed by atoms with Gasteiger partial charge in [0, 0.05) is 15.7 Å². The molecule has 0 unspecified atom stereocenters. The molecule has 0 saturated heterocycles. The summed E-state index contributed by atoms with van der Waals surface area (Å²) in [5.41, 5.74) is 3.47. The van der Waals surface area contributed by atoms with Gasteiger partial charge in [-0.25, -0.2) is 0 Å². The number of aryl methyl sites for hydroxylation is 2. The van der Waals surface area contributed by atoms with Crippen molar-refractivity contribution in [1.82, 2.24) is 0 Å². The van der Waals surface area contributed by atoms with Gasteiger partial charge in [0.05, 0.1) is 7.11 Å². The maximum Gasteiger partial charge on any atom is 0.255 e. The molecule has 0 aliphatic carbocycles. The Kier molecular flexibility index (Phi) is 4.45. The predicted octanol–water partition coefficient (Wildman–Crippen LogP) is 4.33. The second kappa shape index (κ2) is 6.09. The van der Waals surface area contributed by atoms with Crippen LogP contribution in [-0.2, 0) is 0 Å². The number of hydrogen-bond donors (Lipinski definition) is 1. The SMILES string of the molecule is COc1ccc(NC(=O)c2ccc(C)c(Br)c2)c(C)c1. The molecule has 2 aromatic rings. The molecule has 0 heterocycles. The van der Waals surface area contributed by atoms with E-state index in [9.17, 15) is 4.79 Å². The Labute approximate surface area is 127 Å². The highest BCUT2D eigenvalue weighted by Gasteiger charge is 2.09. The maximum atomic E-state index is 12.2. The standard InChI is InChI=1S/C16H16BrNO2/c1-10-4-5-12(9-14(10)17)16(19)18-15-7-6-13(20-3)8-11(15)2/h4-9H,1-3H3,(H,18,19). The van der Waals surface area contributed by atoms with Gasteiger partial charge in [-0.3, -0.25) is 4.79 Å². The minimum atomic E-state index is -0.126. The van der Waals surface area contributed by atoms with Crippen molar-refractivity contribution in [3.05, 3.63) is 57.6 Å². The van der Waals surface area contributed by atoms with Gasteiger partial charge < -0.3 is 10.1 Å². The first-order chi connectivity index (χ1) is 9.51. The first kappa shape index (κ1) is 14.6. The number of hydrogen-bond acceptors (Lipinski definition) is 2. The van der Waals surface area contributed by atoms with Gasteiger partial charge in [-0.05, 0) is 55.3 Å². The Hall–Kier alpha value is -1.81. The Balaban J connectivity index is 2.21. The third-order valence-corrected chi connectivity index (χ3v) is 3.97. The van der Waals surface area contributed by atoms with Crippen LogP contribution in [0.15, 0.2) is 40.9 Å². The molecule has 3 nitrogen and oxygen atoms in total. The van der Waals surface area contributed by atoms with Crippen LogP contribution < -0.4 is 10.1 Å². The fourth-order valence-electron chi connectivity index (χ4n) is 1.83. The summed E-state index contributed by atoms with van der Waals surface area (Å²) in [6.07, 6.45) is 0. The second-order valence-electron chi connectivity index (χ2n) is 4.60. The summed E-state index contributed by atoms with van der Waals surface area (Å²) in [7, 11) is 1.62. The quantitative estimate of drug-likeness (QED) is 0.907. The van der Waals surface area contributed by atoms with Crippen LogP contribution in [0.5, 0.6) is 5.75 Å². The molecule has 0 fully saturated rings. The first-order valence-electron chi connectivity index (χ1n) is 6.23. The number of carbonyl (C=O) groups excluding carboxylic acids is 1. The van der Waals surface area contributed by atoms with Gasteiger partial charge in [0.2, 0.25) is 0 Å². The highest BCUT2D eigenvalue weighted by molar-refractivity contribution is 9.10. The lowest BCUT2D eigenvalue weighted by Crippen LogP contribution is -2.12. The number of nitrogens with one attached hydrogen (secondary N) is 1. The zero-order valence-corrected chi connectivity index (χ0v) is 13.2. The van der Waals surface area contributed by atoms with E-state index in [0.717, 1.165) is 27.0 Å². The molecule has 0 aliphatic heterocycles. The number of anilines is 1. The summed E-state index contributed by atoms with van der Waals surface area (Å²) < 4.78 is 6.08. The van der Waals surface area contributed by atoms with E-state index >= 15 is 0 Å². The molecule has 104 valence electrons. The minimum absolute atomic E-state index is 0.126. The third-order valence-electron chi connectivity index (χ3n) is 3.12. The largest absolute Gasteiger partial charge is 0.497 e. The predicted molar refractivity (Wildman–Crippen MR) is 84.6 cm³/mol. The topological polar surface area (TPSA) is 38.3 Å². The molecule has 1 N–H and O–H groups in total. The fourth-order valence-corrected chi connectivity index (χ4v) is 2.21. The zero-order valence-electron chi connectivity index (χ0n) is 11.7. The molecule has 0 saturated carbocycles. The lowest BCUT2D eigenvalue weighted by Gasteiger charge is -2.10. The number of rotatable bonds is 3. The van der Waals surface area contributed by atoms with Crippen molar-refractivity contribution in [3.8, 4) is 5.75 Å². The lowest BCUT2D eigenvalue weighted by molar-refractivity contribution is 0.102. The van der Waals surface area contributed by atoms with Gasteiger partial charge in [-0.15, -0.1) is 0 Å². The highest BCUT2D eigenvalue weighted by Crippen LogP contribution is 2.23. The molecule has 4 heteroatoms. The molecule has 0 atom stereocenters. The van der Waals surface area contributed by atoms with Crippen molar-refractivity contribution >= 4 is 27.5 Å². The van der Waals surface area contributed by atoms with Crippen molar-refractivity contribution in [1.29, 1.82) is 0 Å². The number of carbonyl (C=O) groups is 1. The summed E-state index contributed by atoms with van der Waals surface area (Å²) in [5, 5.41) is 2.91. The van der Waals surface area contributed by atoms with Crippen molar-refractivity contribution in [2.45, 2.75) is 13.8 Å². The van der Waals surface area contributed by atoms with Crippen LogP contribution in [0, 0.1) is 13.8 Å². The highest BCUT2D eigenvalue weighted by atomic mass is 79.9. The van der Waals surface area contributed by atoms with E-state index in [4.69, 9.17) is 4.74 Å². The molecule has 2 rings (SSSR count). The van der Waals surface area contributed by atoms with E-state index < -0.39 is 0 Å². The average Bonchev–Trinajstić information content (AvgIpc) is 2.43. The van der Waals surface area contributed by atoms with E-state index in [0.29, 0.717) is 5.56 Å². The molecule has 0 aliphatic rings. The van der Waals surface area contributed by atoms with Crippen LogP contribution in [0.25, 0.3) is 0 Å². The number of halogens is 1. The summed E-state index contributed by atoms with van der Waals surface area (Å²) >= 11 is 3.44. The molecule has 2 aromatic carbocycles. The van der Waals surface area contributed by atoms with Crippen molar-refractivity contribution in [2.75, 3.05) is 12.4 Å². The van der Waals surface area contributed by atoms with E-state index in [1.807, 2.05) is 50.2 Å². The van der Waals surface area contributed by atoms with Crippen molar-refractivity contribution < 1.29 is 9.53 Å². The fraction of sp³-hybridized carbons (Fsp3) is 0.188. The van der Waals surface area contributed by atoms with Crippen LogP contribution >= 0.6 is 15.9 Å².